The summed E-state index contributed by atoms with van der Waals surface area (Å²) < 4.78 is 0. The van der Waals surface area contributed by atoms with Crippen LogP contribution in [0.2, 0.25) is 0 Å². The zero-order valence-electron chi connectivity index (χ0n) is 9.70. The predicted octanol–water partition coefficient (Wildman–Crippen LogP) is 4.01. The molecule has 15 heavy (non-hydrogen) atoms. The Kier molecular flexibility index (Phi) is 12.5. The molecule has 0 aliphatic rings. The van der Waals surface area contributed by atoms with Crippen LogP contribution in [-0.2, 0) is 0 Å². The van der Waals surface area contributed by atoms with E-state index in [9.17, 15) is 0 Å². The van der Waals surface area contributed by atoms with Gasteiger partial charge in [0.05, 0.1) is 0 Å². The van der Waals surface area contributed by atoms with Crippen molar-refractivity contribution < 1.29 is 5.11 Å². The summed E-state index contributed by atoms with van der Waals surface area (Å²) in [5, 5.41) is 8.59. The molecule has 1 heteroatoms. The van der Waals surface area contributed by atoms with E-state index in [1.165, 1.54) is 38.5 Å². The van der Waals surface area contributed by atoms with E-state index >= 15 is 0 Å². The van der Waals surface area contributed by atoms with Gasteiger partial charge in [-0.25, -0.2) is 0 Å². The van der Waals surface area contributed by atoms with Gasteiger partial charge in [0.1, 0.15) is 0 Å². The van der Waals surface area contributed by atoms with Gasteiger partial charge in [-0.2, -0.15) is 0 Å². The van der Waals surface area contributed by atoms with Crippen LogP contribution in [0.5, 0.6) is 0 Å². The van der Waals surface area contributed by atoms with Crippen molar-refractivity contribution in [1.29, 1.82) is 0 Å². The van der Waals surface area contributed by atoms with E-state index in [0.29, 0.717) is 6.61 Å². The first-order valence-electron chi connectivity index (χ1n) is 5.97. The van der Waals surface area contributed by atoms with Gasteiger partial charge in [-0.3, -0.25) is 0 Å². The van der Waals surface area contributed by atoms with Gasteiger partial charge >= 0.3 is 0 Å². The monoisotopic (exact) mass is 208 g/mol. The lowest BCUT2D eigenvalue weighted by molar-refractivity contribution is 0.282. The van der Waals surface area contributed by atoms with Gasteiger partial charge in [0.15, 0.2) is 0 Å². The number of rotatable bonds is 10. The van der Waals surface area contributed by atoms with Crippen molar-refractivity contribution in [1.82, 2.24) is 0 Å². The fourth-order valence-electron chi connectivity index (χ4n) is 1.40. The van der Waals surface area contributed by atoms with Crippen LogP contribution < -0.4 is 0 Å². The second-order valence-electron chi connectivity index (χ2n) is 3.68. The van der Waals surface area contributed by atoms with E-state index in [0.717, 1.165) is 6.42 Å². The summed E-state index contributed by atoms with van der Waals surface area (Å²) in [7, 11) is 0. The largest absolute Gasteiger partial charge is 0.396 e. The Labute approximate surface area is 94.2 Å². The van der Waals surface area contributed by atoms with Crippen molar-refractivity contribution in [3.63, 3.8) is 0 Å². The second kappa shape index (κ2) is 13.2. The molecule has 0 aliphatic heterocycles. The molecule has 0 saturated heterocycles. The van der Waals surface area contributed by atoms with E-state index in [4.69, 9.17) is 5.11 Å². The SMILES string of the molecule is C=C/C=C/C=C\CCCCCCCCO. The molecule has 0 aromatic heterocycles. The molecule has 0 aromatic rings. The second-order valence-corrected chi connectivity index (χ2v) is 3.68. The van der Waals surface area contributed by atoms with Gasteiger partial charge in [-0.05, 0) is 19.3 Å². The van der Waals surface area contributed by atoms with Gasteiger partial charge in [0, 0.05) is 6.61 Å². The summed E-state index contributed by atoms with van der Waals surface area (Å²) in [4.78, 5) is 0. The zero-order valence-corrected chi connectivity index (χ0v) is 9.70. The topological polar surface area (TPSA) is 20.2 Å². The normalized spacial score (nSPS) is 11.5. The smallest absolute Gasteiger partial charge is 0.0431 e. The molecule has 0 heterocycles. The van der Waals surface area contributed by atoms with Crippen molar-refractivity contribution in [3.8, 4) is 0 Å². The molecule has 0 rings (SSSR count). The van der Waals surface area contributed by atoms with Crippen LogP contribution in [-0.4, -0.2) is 11.7 Å². The Balaban J connectivity index is 3.07. The summed E-state index contributed by atoms with van der Waals surface area (Å²) in [5.74, 6) is 0. The lowest BCUT2D eigenvalue weighted by Gasteiger charge is -1.98. The number of unbranched alkanes of at least 4 members (excludes halogenated alkanes) is 6. The maximum Gasteiger partial charge on any atom is 0.0431 e. The van der Waals surface area contributed by atoms with Crippen LogP contribution in [0.1, 0.15) is 44.9 Å². The lowest BCUT2D eigenvalue weighted by Crippen LogP contribution is -1.83. The minimum atomic E-state index is 0.346. The summed E-state index contributed by atoms with van der Waals surface area (Å²) in [6, 6.07) is 0. The van der Waals surface area contributed by atoms with E-state index in [1.807, 2.05) is 12.2 Å². The van der Waals surface area contributed by atoms with Crippen LogP contribution in [0.4, 0.5) is 0 Å². The summed E-state index contributed by atoms with van der Waals surface area (Å²) >= 11 is 0. The van der Waals surface area contributed by atoms with E-state index in [-0.39, 0.29) is 0 Å². The molecule has 86 valence electrons. The molecule has 0 radical (unpaired) electrons. The van der Waals surface area contributed by atoms with E-state index < -0.39 is 0 Å². The van der Waals surface area contributed by atoms with Crippen LogP contribution in [0, 0.1) is 0 Å². The first-order valence-corrected chi connectivity index (χ1v) is 5.97. The van der Waals surface area contributed by atoms with Gasteiger partial charge in [-0.1, -0.05) is 62.6 Å². The molecule has 1 nitrogen and oxygen atoms in total. The molecule has 0 atom stereocenters. The van der Waals surface area contributed by atoms with Gasteiger partial charge in [0.2, 0.25) is 0 Å². The third kappa shape index (κ3) is 13.2. The Morgan fingerprint density at radius 1 is 0.800 bits per heavy atom. The third-order valence-electron chi connectivity index (χ3n) is 2.27. The highest BCUT2D eigenvalue weighted by molar-refractivity contribution is 5.08. The highest BCUT2D eigenvalue weighted by Crippen LogP contribution is 2.07. The van der Waals surface area contributed by atoms with Crippen molar-refractivity contribution in [2.45, 2.75) is 44.9 Å². The number of hydrogen-bond acceptors (Lipinski definition) is 1. The first-order chi connectivity index (χ1) is 7.41. The maximum atomic E-state index is 8.59. The third-order valence-corrected chi connectivity index (χ3v) is 2.27. The standard InChI is InChI=1S/C14H24O/c1-2-3-4-5-6-7-8-9-10-11-12-13-14-15/h2-6,15H,1,7-14H2/b4-3+,6-5-. The Hall–Kier alpha value is -0.820. The van der Waals surface area contributed by atoms with Crippen molar-refractivity contribution in [2.75, 3.05) is 6.61 Å². The molecule has 0 aliphatic carbocycles. The zero-order chi connectivity index (χ0) is 11.2. The fraction of sp³-hybridized carbons (Fsp3) is 0.571. The highest BCUT2D eigenvalue weighted by atomic mass is 16.2. The molecule has 0 unspecified atom stereocenters. The van der Waals surface area contributed by atoms with Crippen LogP contribution in [0.25, 0.3) is 0 Å². The quantitative estimate of drug-likeness (QED) is 0.425. The molecule has 0 fully saturated rings. The van der Waals surface area contributed by atoms with Crippen LogP contribution in [0.15, 0.2) is 37.0 Å². The lowest BCUT2D eigenvalue weighted by atomic mass is 10.1. The number of hydrogen-bond donors (Lipinski definition) is 1. The molecule has 1 N–H and O–H groups in total. The average molecular weight is 208 g/mol. The van der Waals surface area contributed by atoms with Crippen LogP contribution >= 0.6 is 0 Å². The number of aliphatic hydroxyl groups is 1. The van der Waals surface area contributed by atoms with E-state index in [2.05, 4.69) is 18.7 Å². The average Bonchev–Trinajstić information content (AvgIpc) is 2.26. The van der Waals surface area contributed by atoms with Crippen LogP contribution in [0.3, 0.4) is 0 Å². The Bertz CT molecular complexity index is 180. The maximum absolute atomic E-state index is 8.59. The molecular weight excluding hydrogens is 184 g/mol. The minimum Gasteiger partial charge on any atom is -0.396 e. The predicted molar refractivity (Wildman–Crippen MR) is 67.9 cm³/mol. The molecular formula is C14H24O. The first kappa shape index (κ1) is 14.2. The van der Waals surface area contributed by atoms with Crippen molar-refractivity contribution >= 4 is 0 Å². The molecule has 0 bridgehead atoms. The van der Waals surface area contributed by atoms with Gasteiger partial charge in [0.25, 0.3) is 0 Å². The summed E-state index contributed by atoms with van der Waals surface area (Å²) in [5.41, 5.74) is 0. The highest BCUT2D eigenvalue weighted by Gasteiger charge is 1.89. The Morgan fingerprint density at radius 2 is 1.47 bits per heavy atom. The summed E-state index contributed by atoms with van der Waals surface area (Å²) in [6.07, 6.45) is 18.5. The van der Waals surface area contributed by atoms with Gasteiger partial charge < -0.3 is 5.11 Å². The molecule has 0 amide bonds. The van der Waals surface area contributed by atoms with Gasteiger partial charge in [-0.15, -0.1) is 0 Å². The summed E-state index contributed by atoms with van der Waals surface area (Å²) in [6.45, 7) is 3.95. The Morgan fingerprint density at radius 3 is 2.13 bits per heavy atom. The van der Waals surface area contributed by atoms with Crippen molar-refractivity contribution in [2.24, 2.45) is 0 Å². The molecule has 0 saturated carbocycles. The molecule has 0 aromatic carbocycles. The van der Waals surface area contributed by atoms with E-state index in [1.54, 1.807) is 6.08 Å². The number of allylic oxidation sites excluding steroid dienone is 5. The fourth-order valence-corrected chi connectivity index (χ4v) is 1.40. The number of aliphatic hydroxyl groups excluding tert-OH is 1. The van der Waals surface area contributed by atoms with Crippen molar-refractivity contribution in [3.05, 3.63) is 37.0 Å². The minimum absolute atomic E-state index is 0.346. The molecule has 0 spiro atoms.